The Balaban J connectivity index is 2.12. The van der Waals surface area contributed by atoms with E-state index in [9.17, 15) is 36.1 Å². The predicted molar refractivity (Wildman–Crippen MR) is 126 cm³/mol. The first-order valence-corrected chi connectivity index (χ1v) is 10.8. The standard InChI is InChI=1S/C25H18ClF7N3/c1-13-6-17(27)4-5-18(13)19-10-21(26)36-20(11-34)22(19)35-12-23(2,3)14-7-15(24(28,29)30)9-16(8-14)25(31,32)33/h4-10H,12H2,1-3H3/q-1. The molecule has 36 heavy (non-hydrogen) atoms. The van der Waals surface area contributed by atoms with Crippen molar-refractivity contribution in [1.29, 1.82) is 0 Å². The Hall–Kier alpha value is -3.23. The number of allylic oxidation sites excluding steroid dienone is 2. The molecule has 0 fully saturated rings. The van der Waals surface area contributed by atoms with E-state index >= 15 is 0 Å². The second-order valence-corrected chi connectivity index (χ2v) is 9.14. The predicted octanol–water partition coefficient (Wildman–Crippen LogP) is 7.75. The number of halogens is 8. The fourth-order valence-electron chi connectivity index (χ4n) is 3.59. The number of benzene rings is 2. The first-order chi connectivity index (χ1) is 16.5. The molecule has 2 aromatic carbocycles. The Morgan fingerprint density at radius 3 is 2.00 bits per heavy atom. The highest BCUT2D eigenvalue weighted by atomic mass is 35.5. The second-order valence-electron chi connectivity index (χ2n) is 8.76. The van der Waals surface area contributed by atoms with Gasteiger partial charge in [-0.15, -0.1) is 0 Å². The molecule has 0 atom stereocenters. The minimum atomic E-state index is -5.00. The van der Waals surface area contributed by atoms with E-state index in [-0.39, 0.29) is 34.8 Å². The lowest BCUT2D eigenvalue weighted by atomic mass is 9.82. The largest absolute Gasteiger partial charge is 0.761 e. The van der Waals surface area contributed by atoms with E-state index in [2.05, 4.69) is 9.98 Å². The normalized spacial score (nSPS) is 16.1. The van der Waals surface area contributed by atoms with Gasteiger partial charge in [0.25, 0.3) is 0 Å². The van der Waals surface area contributed by atoms with Crippen molar-refractivity contribution >= 4 is 33.9 Å². The van der Waals surface area contributed by atoms with E-state index in [1.165, 1.54) is 38.1 Å². The molecule has 0 spiro atoms. The van der Waals surface area contributed by atoms with Gasteiger partial charge in [0.05, 0.1) is 16.8 Å². The van der Waals surface area contributed by atoms with E-state index < -0.39 is 34.7 Å². The van der Waals surface area contributed by atoms with Crippen LogP contribution < -0.4 is 0 Å². The summed E-state index contributed by atoms with van der Waals surface area (Å²) < 4.78 is 93.7. The SMILES string of the molecule is Cc1cc(F)ccc1C1=CC(Cl)=NC(=C=[N-])C1=NCC(C)(C)c1cc(C(F)(F)F)cc(C(F)(F)F)c1. The molecule has 1 heterocycles. The summed E-state index contributed by atoms with van der Waals surface area (Å²) in [6.45, 7) is 4.19. The van der Waals surface area contributed by atoms with Crippen LogP contribution in [0.5, 0.6) is 0 Å². The number of hydrogen-bond acceptors (Lipinski definition) is 2. The van der Waals surface area contributed by atoms with Gasteiger partial charge in [0.2, 0.25) is 0 Å². The van der Waals surface area contributed by atoms with Gasteiger partial charge in [0.1, 0.15) is 16.7 Å². The van der Waals surface area contributed by atoms with Crippen molar-refractivity contribution in [3.8, 4) is 0 Å². The number of aliphatic imine (C=N–C) groups is 2. The van der Waals surface area contributed by atoms with Crippen LogP contribution in [-0.2, 0) is 17.8 Å². The molecule has 0 unspecified atom stereocenters. The van der Waals surface area contributed by atoms with Crippen LogP contribution in [0.25, 0.3) is 11.0 Å². The molecule has 0 aromatic heterocycles. The molecule has 0 aliphatic carbocycles. The summed E-state index contributed by atoms with van der Waals surface area (Å²) in [5.41, 5.74) is -3.31. The summed E-state index contributed by atoms with van der Waals surface area (Å²) in [6, 6.07) is 5.26. The fraction of sp³-hybridized carbons (Fsp3) is 0.280. The Morgan fingerprint density at radius 1 is 0.944 bits per heavy atom. The molecule has 1 aliphatic heterocycles. The molecular formula is C25H18ClF7N3-. The Morgan fingerprint density at radius 2 is 1.50 bits per heavy atom. The first kappa shape index (κ1) is 27.4. The third kappa shape index (κ3) is 5.94. The number of rotatable bonds is 4. The monoisotopic (exact) mass is 528 g/mol. The van der Waals surface area contributed by atoms with Crippen molar-refractivity contribution < 1.29 is 30.7 Å². The van der Waals surface area contributed by atoms with Gasteiger partial charge in [0, 0.05) is 17.5 Å². The van der Waals surface area contributed by atoms with Crippen molar-refractivity contribution in [2.75, 3.05) is 6.54 Å². The fourth-order valence-corrected chi connectivity index (χ4v) is 3.79. The third-order valence-electron chi connectivity index (χ3n) is 5.55. The molecule has 0 radical (unpaired) electrons. The molecule has 0 saturated carbocycles. The summed E-state index contributed by atoms with van der Waals surface area (Å²) in [7, 11) is 0. The van der Waals surface area contributed by atoms with Crippen LogP contribution in [0.2, 0.25) is 0 Å². The zero-order valence-electron chi connectivity index (χ0n) is 19.1. The van der Waals surface area contributed by atoms with Crippen molar-refractivity contribution in [2.24, 2.45) is 9.98 Å². The zero-order valence-corrected chi connectivity index (χ0v) is 19.9. The molecule has 0 bridgehead atoms. The lowest BCUT2D eigenvalue weighted by molar-refractivity contribution is -0.143. The minimum Gasteiger partial charge on any atom is -0.761 e. The molecule has 1 aliphatic rings. The number of nitrogens with zero attached hydrogens (tertiary/aromatic N) is 3. The first-order valence-electron chi connectivity index (χ1n) is 10.4. The molecule has 190 valence electrons. The number of dihydropyridines is 1. The molecule has 0 amide bonds. The lowest BCUT2D eigenvalue weighted by Gasteiger charge is -2.27. The van der Waals surface area contributed by atoms with Gasteiger partial charge in [-0.05, 0) is 60.0 Å². The Bertz CT molecular complexity index is 1310. The summed E-state index contributed by atoms with van der Waals surface area (Å²) in [6.07, 6.45) is -8.59. The summed E-state index contributed by atoms with van der Waals surface area (Å²) >= 11 is 6.05. The molecule has 2 aromatic rings. The van der Waals surface area contributed by atoms with Gasteiger partial charge in [-0.3, -0.25) is 4.99 Å². The summed E-state index contributed by atoms with van der Waals surface area (Å²) in [4.78, 5) is 8.32. The van der Waals surface area contributed by atoms with E-state index in [1.807, 2.05) is 5.87 Å². The van der Waals surface area contributed by atoms with Crippen molar-refractivity contribution in [1.82, 2.24) is 0 Å². The highest BCUT2D eigenvalue weighted by molar-refractivity contribution is 6.70. The third-order valence-corrected chi connectivity index (χ3v) is 5.74. The quantitative estimate of drug-likeness (QED) is 0.288. The Labute approximate surface area is 207 Å². The molecule has 0 N–H and O–H groups in total. The maximum absolute atomic E-state index is 13.6. The molecule has 3 nitrogen and oxygen atoms in total. The number of alkyl halides is 6. The summed E-state index contributed by atoms with van der Waals surface area (Å²) in [5.74, 6) is 1.35. The van der Waals surface area contributed by atoms with E-state index in [4.69, 9.17) is 11.6 Å². The van der Waals surface area contributed by atoms with Crippen LogP contribution in [0, 0.1) is 12.7 Å². The molecular weight excluding hydrogens is 511 g/mol. The smallest absolute Gasteiger partial charge is 0.416 e. The van der Waals surface area contributed by atoms with Gasteiger partial charge >= 0.3 is 12.4 Å². The Kier molecular flexibility index (Phi) is 7.35. The number of hydrogen-bond donors (Lipinski definition) is 0. The average Bonchev–Trinajstić information content (AvgIpc) is 2.76. The second kappa shape index (κ2) is 9.67. The van der Waals surface area contributed by atoms with Crippen LogP contribution in [-0.4, -0.2) is 23.3 Å². The topological polar surface area (TPSA) is 47.0 Å². The molecule has 11 heteroatoms. The van der Waals surface area contributed by atoms with Gasteiger partial charge in [-0.25, -0.2) is 15.3 Å². The minimum absolute atomic E-state index is 0.0349. The highest BCUT2D eigenvalue weighted by Crippen LogP contribution is 2.39. The lowest BCUT2D eigenvalue weighted by Crippen LogP contribution is -2.25. The van der Waals surface area contributed by atoms with Crippen LogP contribution in [0.4, 0.5) is 30.7 Å². The van der Waals surface area contributed by atoms with Gasteiger partial charge in [0.15, 0.2) is 0 Å². The van der Waals surface area contributed by atoms with E-state index in [0.717, 1.165) is 0 Å². The van der Waals surface area contributed by atoms with Gasteiger partial charge in [-0.1, -0.05) is 31.5 Å². The molecule has 3 rings (SSSR count). The highest BCUT2D eigenvalue weighted by Gasteiger charge is 2.38. The van der Waals surface area contributed by atoms with Crippen molar-refractivity contribution in [2.45, 2.75) is 38.5 Å². The van der Waals surface area contributed by atoms with Crippen LogP contribution in [0.1, 0.15) is 41.7 Å². The summed E-state index contributed by atoms with van der Waals surface area (Å²) in [5, 5.41) is 9.54. The van der Waals surface area contributed by atoms with E-state index in [1.54, 1.807) is 6.92 Å². The molecule has 0 saturated heterocycles. The van der Waals surface area contributed by atoms with Crippen LogP contribution in [0.15, 0.2) is 58.2 Å². The maximum atomic E-state index is 13.6. The average molecular weight is 529 g/mol. The zero-order chi connectivity index (χ0) is 27.1. The van der Waals surface area contributed by atoms with Crippen LogP contribution in [0.3, 0.4) is 0 Å². The van der Waals surface area contributed by atoms with Gasteiger partial charge < -0.3 is 5.41 Å². The van der Waals surface area contributed by atoms with E-state index in [0.29, 0.717) is 28.8 Å². The maximum Gasteiger partial charge on any atom is 0.416 e. The van der Waals surface area contributed by atoms with Crippen LogP contribution >= 0.6 is 11.6 Å². The number of aryl methyl sites for hydroxylation is 1. The van der Waals surface area contributed by atoms with Gasteiger partial charge in [-0.2, -0.15) is 26.3 Å². The van der Waals surface area contributed by atoms with Crippen molar-refractivity contribution in [3.05, 3.63) is 87.2 Å². The van der Waals surface area contributed by atoms with Crippen molar-refractivity contribution in [3.63, 3.8) is 0 Å².